The van der Waals surface area contributed by atoms with Gasteiger partial charge in [-0.15, -0.1) is 0 Å². The van der Waals surface area contributed by atoms with Crippen molar-refractivity contribution in [3.8, 4) is 5.75 Å². The molecule has 0 aliphatic carbocycles. The molecular formula is C20H19NO2S2. The van der Waals surface area contributed by atoms with Gasteiger partial charge in [0.25, 0.3) is 0 Å². The van der Waals surface area contributed by atoms with Crippen molar-refractivity contribution >= 4 is 39.1 Å². The molecule has 5 heteroatoms. The molecule has 0 spiro atoms. The topological polar surface area (TPSA) is 38.7 Å². The largest absolute Gasteiger partial charge is 0.489 e. The molecule has 0 saturated carbocycles. The second-order valence-corrected chi connectivity index (χ2v) is 7.79. The number of hydrogen-bond donors (Lipinski definition) is 0. The molecule has 25 heavy (non-hydrogen) atoms. The van der Waals surface area contributed by atoms with E-state index in [4.69, 9.17) is 4.74 Å². The molecule has 1 aliphatic rings. The Labute approximate surface area is 156 Å². The van der Waals surface area contributed by atoms with Crippen LogP contribution >= 0.6 is 23.5 Å². The molecule has 0 saturated heterocycles. The van der Waals surface area contributed by atoms with E-state index in [1.165, 1.54) is 11.8 Å². The fraction of sp³-hybridized carbons (Fsp3) is 0.200. The van der Waals surface area contributed by atoms with Crippen LogP contribution < -0.4 is 4.74 Å². The van der Waals surface area contributed by atoms with Crippen LogP contribution in [0.1, 0.15) is 24.5 Å². The highest BCUT2D eigenvalue weighted by Crippen LogP contribution is 2.31. The van der Waals surface area contributed by atoms with Crippen LogP contribution in [0.4, 0.5) is 0 Å². The van der Waals surface area contributed by atoms with Crippen LogP contribution in [-0.2, 0) is 11.4 Å². The van der Waals surface area contributed by atoms with Crippen LogP contribution in [0.3, 0.4) is 0 Å². The fourth-order valence-corrected chi connectivity index (χ4v) is 3.97. The molecule has 1 aliphatic heterocycles. The first-order valence-corrected chi connectivity index (χ1v) is 9.97. The van der Waals surface area contributed by atoms with Crippen LogP contribution in [0.25, 0.3) is 6.08 Å². The van der Waals surface area contributed by atoms with Gasteiger partial charge in [0, 0.05) is 0 Å². The molecule has 3 nitrogen and oxygen atoms in total. The Morgan fingerprint density at radius 2 is 1.88 bits per heavy atom. The summed E-state index contributed by atoms with van der Waals surface area (Å²) in [7, 11) is 0. The summed E-state index contributed by atoms with van der Waals surface area (Å²) < 4.78 is 6.62. The van der Waals surface area contributed by atoms with E-state index < -0.39 is 0 Å². The van der Waals surface area contributed by atoms with Crippen molar-refractivity contribution in [3.05, 3.63) is 71.4 Å². The average Bonchev–Trinajstić information content (AvgIpc) is 3.00. The molecule has 0 atom stereocenters. The quantitative estimate of drug-likeness (QED) is 0.641. The Balaban J connectivity index is 1.62. The Hall–Kier alpha value is -1.98. The first kappa shape index (κ1) is 17.8. The second-order valence-electron chi connectivity index (χ2n) is 5.49. The summed E-state index contributed by atoms with van der Waals surface area (Å²) in [4.78, 5) is 16.4. The first-order valence-electron chi connectivity index (χ1n) is 8.17. The molecule has 0 N–H and O–H groups in total. The molecule has 0 unspecified atom stereocenters. The highest BCUT2D eigenvalue weighted by atomic mass is 32.2. The van der Waals surface area contributed by atoms with Crippen molar-refractivity contribution in [1.29, 1.82) is 0 Å². The van der Waals surface area contributed by atoms with Gasteiger partial charge in [-0.2, -0.15) is 0 Å². The van der Waals surface area contributed by atoms with Gasteiger partial charge < -0.3 is 4.74 Å². The molecule has 0 fully saturated rings. The van der Waals surface area contributed by atoms with Gasteiger partial charge in [-0.3, -0.25) is 4.79 Å². The van der Waals surface area contributed by atoms with Crippen LogP contribution in [0.15, 0.2) is 65.3 Å². The Kier molecular flexibility index (Phi) is 6.36. The number of hydrogen-bond acceptors (Lipinski definition) is 5. The van der Waals surface area contributed by atoms with Crippen molar-refractivity contribution in [2.45, 2.75) is 20.0 Å². The summed E-state index contributed by atoms with van der Waals surface area (Å²) in [5, 5.41) is 0.0167. The molecule has 0 bridgehead atoms. The molecule has 3 rings (SSSR count). The predicted molar refractivity (Wildman–Crippen MR) is 108 cm³/mol. The summed E-state index contributed by atoms with van der Waals surface area (Å²) in [5.74, 6) is 1.79. The van der Waals surface area contributed by atoms with Crippen LogP contribution in [0.5, 0.6) is 5.75 Å². The Morgan fingerprint density at radius 3 is 2.60 bits per heavy atom. The van der Waals surface area contributed by atoms with Gasteiger partial charge in [-0.1, -0.05) is 61.2 Å². The van der Waals surface area contributed by atoms with Crippen LogP contribution in [0, 0.1) is 0 Å². The SMILES string of the molecule is CCCSC1=N/C(=C/c2ccc(OCc3ccccc3)cc2)C(=O)S1. The lowest BCUT2D eigenvalue weighted by Crippen LogP contribution is -1.94. The Bertz CT molecular complexity index is 783. The maximum Gasteiger partial charge on any atom is 0.244 e. The maximum atomic E-state index is 12.0. The van der Waals surface area contributed by atoms with E-state index in [1.54, 1.807) is 11.8 Å². The summed E-state index contributed by atoms with van der Waals surface area (Å²) in [6, 6.07) is 17.8. The van der Waals surface area contributed by atoms with Gasteiger partial charge in [0.05, 0.1) is 0 Å². The summed E-state index contributed by atoms with van der Waals surface area (Å²) in [5.41, 5.74) is 2.59. The van der Waals surface area contributed by atoms with E-state index in [-0.39, 0.29) is 5.12 Å². The third-order valence-corrected chi connectivity index (χ3v) is 5.68. The van der Waals surface area contributed by atoms with Gasteiger partial charge in [0.2, 0.25) is 5.12 Å². The van der Waals surface area contributed by atoms with E-state index in [0.29, 0.717) is 12.3 Å². The number of aliphatic imine (C=N–C) groups is 1. The highest BCUT2D eigenvalue weighted by Gasteiger charge is 2.22. The van der Waals surface area contributed by atoms with Gasteiger partial charge >= 0.3 is 0 Å². The number of rotatable bonds is 6. The zero-order chi connectivity index (χ0) is 17.5. The molecule has 2 aromatic carbocycles. The zero-order valence-corrected chi connectivity index (χ0v) is 15.6. The van der Waals surface area contributed by atoms with Crippen LogP contribution in [-0.4, -0.2) is 15.2 Å². The van der Waals surface area contributed by atoms with E-state index in [0.717, 1.165) is 33.4 Å². The fourth-order valence-electron chi connectivity index (χ4n) is 2.20. The van der Waals surface area contributed by atoms with Crippen molar-refractivity contribution in [1.82, 2.24) is 0 Å². The Morgan fingerprint density at radius 1 is 1.12 bits per heavy atom. The van der Waals surface area contributed by atoms with E-state index in [2.05, 4.69) is 11.9 Å². The number of ether oxygens (including phenoxy) is 1. The molecule has 1 heterocycles. The summed E-state index contributed by atoms with van der Waals surface area (Å²) >= 11 is 2.86. The predicted octanol–water partition coefficient (Wildman–Crippen LogP) is 5.38. The van der Waals surface area contributed by atoms with Crippen molar-refractivity contribution in [2.24, 2.45) is 4.99 Å². The highest BCUT2D eigenvalue weighted by molar-refractivity contribution is 8.45. The smallest absolute Gasteiger partial charge is 0.244 e. The molecule has 0 amide bonds. The van der Waals surface area contributed by atoms with E-state index >= 15 is 0 Å². The molecule has 128 valence electrons. The minimum atomic E-state index is 0.0167. The third-order valence-electron chi connectivity index (χ3n) is 3.46. The molecular weight excluding hydrogens is 350 g/mol. The lowest BCUT2D eigenvalue weighted by molar-refractivity contribution is -0.107. The number of carbonyl (C=O) groups is 1. The monoisotopic (exact) mass is 369 g/mol. The lowest BCUT2D eigenvalue weighted by Gasteiger charge is -2.06. The third kappa shape index (κ3) is 5.25. The average molecular weight is 370 g/mol. The maximum absolute atomic E-state index is 12.0. The standard InChI is InChI=1S/C20H19NO2S2/c1-2-12-24-20-21-18(19(22)25-20)13-15-8-10-17(11-9-15)23-14-16-6-4-3-5-7-16/h3-11,13H,2,12,14H2,1H3/b18-13+. The number of nitrogens with zero attached hydrogens (tertiary/aromatic N) is 1. The second kappa shape index (κ2) is 8.92. The van der Waals surface area contributed by atoms with Crippen LogP contribution in [0.2, 0.25) is 0 Å². The van der Waals surface area contributed by atoms with Gasteiger partial charge in [0.15, 0.2) is 0 Å². The minimum Gasteiger partial charge on any atom is -0.489 e. The van der Waals surface area contributed by atoms with Gasteiger partial charge in [-0.25, -0.2) is 4.99 Å². The summed E-state index contributed by atoms with van der Waals surface area (Å²) in [6.07, 6.45) is 2.90. The number of thioether (sulfide) groups is 2. The van der Waals surface area contributed by atoms with E-state index in [9.17, 15) is 4.79 Å². The number of carbonyl (C=O) groups excluding carboxylic acids is 1. The molecule has 0 radical (unpaired) electrons. The van der Waals surface area contributed by atoms with E-state index in [1.807, 2.05) is 60.7 Å². The lowest BCUT2D eigenvalue weighted by atomic mass is 10.2. The van der Waals surface area contributed by atoms with Gasteiger partial charge in [-0.05, 0) is 53.3 Å². The van der Waals surface area contributed by atoms with Crippen molar-refractivity contribution in [3.63, 3.8) is 0 Å². The number of benzene rings is 2. The molecule has 2 aromatic rings. The first-order chi connectivity index (χ1) is 12.2. The summed E-state index contributed by atoms with van der Waals surface area (Å²) in [6.45, 7) is 2.66. The minimum absolute atomic E-state index is 0.0167. The van der Waals surface area contributed by atoms with Crippen molar-refractivity contribution < 1.29 is 9.53 Å². The molecule has 0 aromatic heterocycles. The normalized spacial score (nSPS) is 15.5. The zero-order valence-electron chi connectivity index (χ0n) is 14.0. The van der Waals surface area contributed by atoms with Crippen molar-refractivity contribution in [2.75, 3.05) is 5.75 Å². The van der Waals surface area contributed by atoms with Gasteiger partial charge in [0.1, 0.15) is 22.4 Å².